The van der Waals surface area contributed by atoms with Crippen molar-refractivity contribution in [1.82, 2.24) is 25.3 Å². The van der Waals surface area contributed by atoms with Crippen molar-refractivity contribution in [3.05, 3.63) is 12.4 Å². The molecule has 2 heterocycles. The number of guanidine groups is 1. The van der Waals surface area contributed by atoms with Crippen molar-refractivity contribution in [3.8, 4) is 0 Å². The van der Waals surface area contributed by atoms with E-state index < -0.39 is 0 Å². The summed E-state index contributed by atoms with van der Waals surface area (Å²) in [5.74, 6) is 0.684. The number of aliphatic imine (C=N–C) groups is 1. The number of amides is 2. The molecule has 2 N–H and O–H groups in total. The molecule has 2 rings (SSSR count). The first-order valence-electron chi connectivity index (χ1n) is 9.56. The maximum Gasteiger partial charge on any atom is 0.246 e. The van der Waals surface area contributed by atoms with Crippen molar-refractivity contribution in [2.75, 3.05) is 37.6 Å². The third-order valence-corrected chi connectivity index (χ3v) is 4.48. The molecule has 1 aliphatic rings. The number of piperazine rings is 1. The molecule has 1 aromatic rings. The van der Waals surface area contributed by atoms with Gasteiger partial charge in [-0.25, -0.2) is 0 Å². The Labute approximate surface area is 160 Å². The lowest BCUT2D eigenvalue weighted by Crippen LogP contribution is -2.55. The van der Waals surface area contributed by atoms with Gasteiger partial charge in [0.2, 0.25) is 11.8 Å². The van der Waals surface area contributed by atoms with Crippen molar-refractivity contribution < 1.29 is 9.59 Å². The molecule has 27 heavy (non-hydrogen) atoms. The fourth-order valence-corrected chi connectivity index (χ4v) is 2.81. The van der Waals surface area contributed by atoms with Gasteiger partial charge in [-0.2, -0.15) is 5.10 Å². The Bertz CT molecular complexity index is 670. The quantitative estimate of drug-likeness (QED) is 0.528. The highest BCUT2D eigenvalue weighted by Gasteiger charge is 2.27. The van der Waals surface area contributed by atoms with Gasteiger partial charge in [-0.15, -0.1) is 0 Å². The number of carbonyl (C=O) groups is 2. The highest BCUT2D eigenvalue weighted by Crippen LogP contribution is 2.16. The number of rotatable bonds is 7. The van der Waals surface area contributed by atoms with Crippen LogP contribution in [0.15, 0.2) is 17.4 Å². The van der Waals surface area contributed by atoms with E-state index in [2.05, 4.69) is 20.7 Å². The Hall–Kier alpha value is -2.58. The molecule has 9 heteroatoms. The second kappa shape index (κ2) is 9.94. The van der Waals surface area contributed by atoms with Gasteiger partial charge in [-0.1, -0.05) is 6.92 Å². The standard InChI is InChI=1S/C18H31N7O2/c1-5-14(3)22-16(26)7-8-20-18(19-6-2)24-9-10-25(17(27)13-24)15-11-21-23(4)12-15/h11-12,14H,5-10,13H2,1-4H3,(H,19,20)(H,22,26). The van der Waals surface area contributed by atoms with Gasteiger partial charge in [0, 0.05) is 45.3 Å². The van der Waals surface area contributed by atoms with Crippen LogP contribution in [0.5, 0.6) is 0 Å². The molecule has 0 radical (unpaired) electrons. The first kappa shape index (κ1) is 20.7. The van der Waals surface area contributed by atoms with E-state index in [1.165, 1.54) is 0 Å². The highest BCUT2D eigenvalue weighted by molar-refractivity contribution is 5.98. The highest BCUT2D eigenvalue weighted by atomic mass is 16.2. The molecular formula is C18H31N7O2. The maximum atomic E-state index is 12.6. The van der Waals surface area contributed by atoms with Crippen LogP contribution in [0.3, 0.4) is 0 Å². The van der Waals surface area contributed by atoms with Crippen molar-refractivity contribution in [2.24, 2.45) is 12.0 Å². The second-order valence-corrected chi connectivity index (χ2v) is 6.70. The van der Waals surface area contributed by atoms with E-state index in [-0.39, 0.29) is 24.4 Å². The van der Waals surface area contributed by atoms with Gasteiger partial charge in [-0.05, 0) is 20.3 Å². The molecule has 1 fully saturated rings. The number of aromatic nitrogens is 2. The van der Waals surface area contributed by atoms with E-state index in [9.17, 15) is 9.59 Å². The molecule has 9 nitrogen and oxygen atoms in total. The van der Waals surface area contributed by atoms with Gasteiger partial charge in [0.25, 0.3) is 0 Å². The molecular weight excluding hydrogens is 346 g/mol. The molecule has 1 aromatic heterocycles. The van der Waals surface area contributed by atoms with Crippen LogP contribution in [0.2, 0.25) is 0 Å². The first-order chi connectivity index (χ1) is 12.9. The van der Waals surface area contributed by atoms with E-state index in [0.717, 1.165) is 12.1 Å². The Morgan fingerprint density at radius 2 is 2.15 bits per heavy atom. The van der Waals surface area contributed by atoms with Gasteiger partial charge >= 0.3 is 0 Å². The average molecular weight is 377 g/mol. The number of nitrogens with one attached hydrogen (secondary N) is 2. The van der Waals surface area contributed by atoms with E-state index in [0.29, 0.717) is 38.6 Å². The van der Waals surface area contributed by atoms with Crippen molar-refractivity contribution >= 4 is 23.5 Å². The molecule has 2 amide bonds. The van der Waals surface area contributed by atoms with E-state index in [4.69, 9.17) is 0 Å². The van der Waals surface area contributed by atoms with Crippen LogP contribution in [-0.2, 0) is 16.6 Å². The zero-order chi connectivity index (χ0) is 19.8. The molecule has 0 aromatic carbocycles. The average Bonchev–Trinajstić information content (AvgIpc) is 3.06. The summed E-state index contributed by atoms with van der Waals surface area (Å²) in [5.41, 5.74) is 0.811. The monoisotopic (exact) mass is 377 g/mol. The predicted octanol–water partition coefficient (Wildman–Crippen LogP) is 0.339. The Balaban J connectivity index is 1.92. The number of hydrogen-bond acceptors (Lipinski definition) is 4. The molecule has 150 valence electrons. The van der Waals surface area contributed by atoms with E-state index in [1.54, 1.807) is 15.8 Å². The lowest BCUT2D eigenvalue weighted by molar-refractivity contribution is -0.122. The number of nitrogens with zero attached hydrogens (tertiary/aromatic N) is 5. The predicted molar refractivity (Wildman–Crippen MR) is 106 cm³/mol. The normalized spacial score (nSPS) is 16.4. The molecule has 0 saturated carbocycles. The SMILES string of the molecule is CCNC(=NCCC(=O)NC(C)CC)N1CCN(c2cnn(C)c2)C(=O)C1. The molecule has 1 unspecified atom stereocenters. The number of hydrogen-bond donors (Lipinski definition) is 2. The van der Waals surface area contributed by atoms with Gasteiger partial charge in [0.05, 0.1) is 18.4 Å². The number of aryl methyl sites for hydroxylation is 1. The number of carbonyl (C=O) groups excluding carboxylic acids is 2. The van der Waals surface area contributed by atoms with Crippen molar-refractivity contribution in [3.63, 3.8) is 0 Å². The lowest BCUT2D eigenvalue weighted by atomic mass is 10.2. The summed E-state index contributed by atoms with van der Waals surface area (Å²) < 4.78 is 1.69. The Morgan fingerprint density at radius 3 is 2.74 bits per heavy atom. The summed E-state index contributed by atoms with van der Waals surface area (Å²) in [6, 6.07) is 0.174. The summed E-state index contributed by atoms with van der Waals surface area (Å²) >= 11 is 0. The van der Waals surface area contributed by atoms with Crippen LogP contribution < -0.4 is 15.5 Å². The summed E-state index contributed by atoms with van der Waals surface area (Å²) in [5, 5.41) is 10.3. The van der Waals surface area contributed by atoms with Crippen LogP contribution in [0.4, 0.5) is 5.69 Å². The Morgan fingerprint density at radius 1 is 1.37 bits per heavy atom. The fourth-order valence-electron chi connectivity index (χ4n) is 2.81. The minimum Gasteiger partial charge on any atom is -0.357 e. The third-order valence-electron chi connectivity index (χ3n) is 4.48. The fraction of sp³-hybridized carbons (Fsp3) is 0.667. The summed E-state index contributed by atoms with van der Waals surface area (Å²) in [4.78, 5) is 32.7. The molecule has 0 spiro atoms. The van der Waals surface area contributed by atoms with Crippen LogP contribution >= 0.6 is 0 Å². The van der Waals surface area contributed by atoms with E-state index in [1.807, 2.05) is 38.9 Å². The first-order valence-corrected chi connectivity index (χ1v) is 9.56. The van der Waals surface area contributed by atoms with Gasteiger partial charge in [0.1, 0.15) is 6.54 Å². The largest absolute Gasteiger partial charge is 0.357 e. The summed E-state index contributed by atoms with van der Waals surface area (Å²) in [6.45, 7) is 8.59. The minimum atomic E-state index is 0.00132. The number of anilines is 1. The maximum absolute atomic E-state index is 12.6. The van der Waals surface area contributed by atoms with Gasteiger partial charge in [-0.3, -0.25) is 19.3 Å². The second-order valence-electron chi connectivity index (χ2n) is 6.70. The Kier molecular flexibility index (Phi) is 7.63. The van der Waals surface area contributed by atoms with E-state index >= 15 is 0 Å². The molecule has 1 atom stereocenters. The van der Waals surface area contributed by atoms with Crippen molar-refractivity contribution in [1.29, 1.82) is 0 Å². The molecule has 0 bridgehead atoms. The molecule has 0 aliphatic carbocycles. The van der Waals surface area contributed by atoms with Gasteiger partial charge in [0.15, 0.2) is 5.96 Å². The van der Waals surface area contributed by atoms with Crippen molar-refractivity contribution in [2.45, 2.75) is 39.7 Å². The summed E-state index contributed by atoms with van der Waals surface area (Å²) in [7, 11) is 1.83. The smallest absolute Gasteiger partial charge is 0.246 e. The topological polar surface area (TPSA) is 94.9 Å². The molecule has 1 aliphatic heterocycles. The zero-order valence-electron chi connectivity index (χ0n) is 16.7. The summed E-state index contributed by atoms with van der Waals surface area (Å²) in [6.07, 6.45) is 4.77. The third kappa shape index (κ3) is 5.97. The van der Waals surface area contributed by atoms with Crippen LogP contribution in [0, 0.1) is 0 Å². The van der Waals surface area contributed by atoms with Crippen LogP contribution in [0.1, 0.15) is 33.6 Å². The lowest BCUT2D eigenvalue weighted by Gasteiger charge is -2.35. The van der Waals surface area contributed by atoms with Crippen LogP contribution in [0.25, 0.3) is 0 Å². The van der Waals surface area contributed by atoms with Gasteiger partial charge < -0.3 is 20.4 Å². The minimum absolute atomic E-state index is 0.00132. The van der Waals surface area contributed by atoms with Crippen LogP contribution in [-0.4, -0.2) is 71.2 Å². The zero-order valence-corrected chi connectivity index (χ0v) is 16.7. The molecule has 1 saturated heterocycles.